The van der Waals surface area contributed by atoms with Crippen molar-refractivity contribution in [3.05, 3.63) is 29.7 Å². The summed E-state index contributed by atoms with van der Waals surface area (Å²) in [5.41, 5.74) is 1.72. The van der Waals surface area contributed by atoms with Gasteiger partial charge in [0.1, 0.15) is 5.69 Å². The molecule has 0 aliphatic carbocycles. The first-order valence-corrected chi connectivity index (χ1v) is 6.05. The summed E-state index contributed by atoms with van der Waals surface area (Å²) >= 11 is 6.14. The molecule has 0 saturated carbocycles. The summed E-state index contributed by atoms with van der Waals surface area (Å²) in [5, 5.41) is 3.70. The quantitative estimate of drug-likeness (QED) is 0.780. The van der Waals surface area contributed by atoms with E-state index in [-0.39, 0.29) is 5.38 Å². The van der Waals surface area contributed by atoms with E-state index >= 15 is 0 Å². The van der Waals surface area contributed by atoms with Gasteiger partial charge >= 0.3 is 0 Å². The average molecular weight is 252 g/mol. The topological polar surface area (TPSA) is 51.8 Å². The molecule has 0 N–H and O–H groups in total. The minimum absolute atomic E-state index is 0.193. The third kappa shape index (κ3) is 2.64. The van der Waals surface area contributed by atoms with Gasteiger partial charge < -0.3 is 4.52 Å². The summed E-state index contributed by atoms with van der Waals surface area (Å²) in [5.74, 6) is 0.966. The molecule has 0 radical (unpaired) electrons. The average Bonchev–Trinajstić information content (AvgIpc) is 2.79. The number of hydrogen-bond donors (Lipinski definition) is 0. The fourth-order valence-corrected chi connectivity index (χ4v) is 1.86. The Bertz CT molecular complexity index is 498. The maximum atomic E-state index is 6.14. The predicted molar refractivity (Wildman–Crippen MR) is 65.8 cm³/mol. The Morgan fingerprint density at radius 2 is 2.29 bits per heavy atom. The van der Waals surface area contributed by atoms with E-state index in [4.69, 9.17) is 16.1 Å². The third-order valence-electron chi connectivity index (χ3n) is 2.48. The lowest BCUT2D eigenvalue weighted by molar-refractivity contribution is 0.419. The number of aromatic nitrogens is 3. The maximum Gasteiger partial charge on any atom is 0.276 e. The van der Waals surface area contributed by atoms with Crippen LogP contribution in [0.4, 0.5) is 0 Å². The van der Waals surface area contributed by atoms with E-state index in [2.05, 4.69) is 22.0 Å². The van der Waals surface area contributed by atoms with E-state index < -0.39 is 0 Å². The molecule has 0 saturated heterocycles. The van der Waals surface area contributed by atoms with Gasteiger partial charge in [-0.3, -0.25) is 4.98 Å². The smallest absolute Gasteiger partial charge is 0.276 e. The molecule has 0 spiro atoms. The van der Waals surface area contributed by atoms with Crippen LogP contribution in [0.1, 0.15) is 36.5 Å². The molecular formula is C12H14ClN3O. The van der Waals surface area contributed by atoms with E-state index in [1.165, 1.54) is 0 Å². The Morgan fingerprint density at radius 1 is 1.47 bits per heavy atom. The van der Waals surface area contributed by atoms with Crippen molar-refractivity contribution in [3.63, 3.8) is 0 Å². The molecule has 0 aromatic carbocycles. The number of halogens is 1. The van der Waals surface area contributed by atoms with Crippen molar-refractivity contribution >= 4 is 11.6 Å². The lowest BCUT2D eigenvalue weighted by atomic mass is 10.2. The summed E-state index contributed by atoms with van der Waals surface area (Å²) in [7, 11) is 0. The van der Waals surface area contributed by atoms with E-state index in [0.29, 0.717) is 17.4 Å². The lowest BCUT2D eigenvalue weighted by Crippen LogP contribution is -1.93. The third-order valence-corrected chi connectivity index (χ3v) is 2.89. The molecule has 4 nitrogen and oxygen atoms in total. The summed E-state index contributed by atoms with van der Waals surface area (Å²) < 4.78 is 5.19. The van der Waals surface area contributed by atoms with Crippen molar-refractivity contribution in [1.82, 2.24) is 15.1 Å². The van der Waals surface area contributed by atoms with Crippen molar-refractivity contribution in [1.29, 1.82) is 0 Å². The molecule has 17 heavy (non-hydrogen) atoms. The predicted octanol–water partition coefficient (Wildman–Crippen LogP) is 3.52. The fraction of sp³-hybridized carbons (Fsp3) is 0.417. The minimum atomic E-state index is -0.193. The molecule has 90 valence electrons. The Balaban J connectivity index is 2.27. The van der Waals surface area contributed by atoms with Crippen molar-refractivity contribution in [2.24, 2.45) is 0 Å². The first-order chi connectivity index (χ1) is 8.22. The molecule has 1 unspecified atom stereocenters. The summed E-state index contributed by atoms with van der Waals surface area (Å²) in [6.07, 6.45) is 3.53. The van der Waals surface area contributed by atoms with Crippen molar-refractivity contribution in [3.8, 4) is 11.6 Å². The molecule has 0 amide bonds. The van der Waals surface area contributed by atoms with Gasteiger partial charge in [-0.1, -0.05) is 24.6 Å². The van der Waals surface area contributed by atoms with Crippen LogP contribution in [0.3, 0.4) is 0 Å². The van der Waals surface area contributed by atoms with Crippen LogP contribution in [0.5, 0.6) is 0 Å². The molecule has 2 aromatic rings. The number of alkyl halides is 1. The van der Waals surface area contributed by atoms with Crippen LogP contribution in [-0.2, 0) is 0 Å². The van der Waals surface area contributed by atoms with E-state index in [0.717, 1.165) is 18.4 Å². The first-order valence-electron chi connectivity index (χ1n) is 5.62. The minimum Gasteiger partial charge on any atom is -0.332 e. The van der Waals surface area contributed by atoms with Crippen molar-refractivity contribution < 1.29 is 4.52 Å². The van der Waals surface area contributed by atoms with Gasteiger partial charge in [-0.05, 0) is 25.0 Å². The Morgan fingerprint density at radius 3 is 3.00 bits per heavy atom. The van der Waals surface area contributed by atoms with Gasteiger partial charge in [-0.2, -0.15) is 4.98 Å². The van der Waals surface area contributed by atoms with Gasteiger partial charge in [0.05, 0.1) is 5.38 Å². The highest BCUT2D eigenvalue weighted by Gasteiger charge is 2.17. The van der Waals surface area contributed by atoms with Gasteiger partial charge in [-0.15, -0.1) is 11.6 Å². The van der Waals surface area contributed by atoms with Crippen LogP contribution in [-0.4, -0.2) is 15.1 Å². The lowest BCUT2D eigenvalue weighted by Gasteiger charge is -2.00. The second kappa shape index (κ2) is 5.27. The molecule has 5 heteroatoms. The van der Waals surface area contributed by atoms with Crippen LogP contribution in [0, 0.1) is 6.92 Å². The zero-order valence-electron chi connectivity index (χ0n) is 9.85. The van der Waals surface area contributed by atoms with Crippen LogP contribution in [0.2, 0.25) is 0 Å². The zero-order valence-corrected chi connectivity index (χ0v) is 10.6. The van der Waals surface area contributed by atoms with Gasteiger partial charge in [0.25, 0.3) is 5.89 Å². The second-order valence-electron chi connectivity index (χ2n) is 3.88. The Kier molecular flexibility index (Phi) is 3.74. The molecule has 0 fully saturated rings. The van der Waals surface area contributed by atoms with Crippen LogP contribution < -0.4 is 0 Å². The molecule has 0 aliphatic rings. The first kappa shape index (κ1) is 12.0. The summed E-state index contributed by atoms with van der Waals surface area (Å²) in [6.45, 7) is 4.02. The fourth-order valence-electron chi connectivity index (χ4n) is 1.55. The molecule has 0 bridgehead atoms. The Hall–Kier alpha value is -1.42. The normalized spacial score (nSPS) is 12.6. The SMILES string of the molecule is CCCC(Cl)c1noc(-c2ncccc2C)n1. The monoisotopic (exact) mass is 251 g/mol. The number of rotatable bonds is 4. The Labute approximate surface area is 105 Å². The summed E-state index contributed by atoms with van der Waals surface area (Å²) in [6, 6.07) is 3.83. The standard InChI is InChI=1S/C12H14ClN3O/c1-3-5-9(13)11-15-12(17-16-11)10-8(2)6-4-7-14-10/h4,6-7,9H,3,5H2,1-2H3. The van der Waals surface area contributed by atoms with Crippen LogP contribution in [0.15, 0.2) is 22.9 Å². The van der Waals surface area contributed by atoms with Crippen molar-refractivity contribution in [2.75, 3.05) is 0 Å². The van der Waals surface area contributed by atoms with E-state index in [9.17, 15) is 0 Å². The molecule has 0 aliphatic heterocycles. The van der Waals surface area contributed by atoms with Crippen LogP contribution in [0.25, 0.3) is 11.6 Å². The van der Waals surface area contributed by atoms with Gasteiger partial charge in [-0.25, -0.2) is 0 Å². The molecule has 2 heterocycles. The largest absolute Gasteiger partial charge is 0.332 e. The van der Waals surface area contributed by atoms with Gasteiger partial charge in [0.2, 0.25) is 0 Å². The van der Waals surface area contributed by atoms with Gasteiger partial charge in [0, 0.05) is 6.20 Å². The summed E-state index contributed by atoms with van der Waals surface area (Å²) in [4.78, 5) is 8.52. The highest BCUT2D eigenvalue weighted by atomic mass is 35.5. The number of hydrogen-bond acceptors (Lipinski definition) is 4. The van der Waals surface area contributed by atoms with E-state index in [1.54, 1.807) is 6.20 Å². The number of pyridine rings is 1. The second-order valence-corrected chi connectivity index (χ2v) is 4.41. The van der Waals surface area contributed by atoms with Gasteiger partial charge in [0.15, 0.2) is 5.82 Å². The molecular weight excluding hydrogens is 238 g/mol. The van der Waals surface area contributed by atoms with Crippen LogP contribution >= 0.6 is 11.6 Å². The highest BCUT2D eigenvalue weighted by Crippen LogP contribution is 2.26. The number of aryl methyl sites for hydroxylation is 1. The number of nitrogens with zero attached hydrogens (tertiary/aromatic N) is 3. The zero-order chi connectivity index (χ0) is 12.3. The van der Waals surface area contributed by atoms with Crippen molar-refractivity contribution in [2.45, 2.75) is 32.1 Å². The maximum absolute atomic E-state index is 6.14. The molecule has 1 atom stereocenters. The van der Waals surface area contributed by atoms with E-state index in [1.807, 2.05) is 19.1 Å². The molecule has 2 aromatic heterocycles. The molecule has 2 rings (SSSR count). The highest BCUT2D eigenvalue weighted by molar-refractivity contribution is 6.20.